The Hall–Kier alpha value is -2.82. The molecule has 0 saturated heterocycles. The van der Waals surface area contributed by atoms with E-state index in [0.717, 1.165) is 0 Å². The number of amides is 1. The molecule has 0 aliphatic carbocycles. The Morgan fingerprint density at radius 1 is 1.40 bits per heavy atom. The molecule has 0 saturated carbocycles. The molecule has 0 spiro atoms. The van der Waals surface area contributed by atoms with Crippen LogP contribution >= 0.6 is 22.9 Å². The minimum absolute atomic E-state index is 0.0268. The zero-order valence-electron chi connectivity index (χ0n) is 13.0. The Labute approximate surface area is 151 Å². The van der Waals surface area contributed by atoms with Crippen LogP contribution in [0.2, 0.25) is 5.02 Å². The highest BCUT2D eigenvalue weighted by Gasteiger charge is 2.20. The summed E-state index contributed by atoms with van der Waals surface area (Å²) in [4.78, 5) is 24.0. The number of furan rings is 1. The van der Waals surface area contributed by atoms with Gasteiger partial charge in [-0.1, -0.05) is 11.6 Å². The highest BCUT2D eigenvalue weighted by molar-refractivity contribution is 7.14. The summed E-state index contributed by atoms with van der Waals surface area (Å²) >= 11 is 7.16. The summed E-state index contributed by atoms with van der Waals surface area (Å²) in [7, 11) is 0. The minimum atomic E-state index is -0.744. The zero-order chi connectivity index (χ0) is 18.0. The Balaban J connectivity index is 1.68. The van der Waals surface area contributed by atoms with Crippen LogP contribution in [-0.2, 0) is 9.53 Å². The van der Waals surface area contributed by atoms with Gasteiger partial charge >= 0.3 is 5.97 Å². The van der Waals surface area contributed by atoms with Gasteiger partial charge in [0.1, 0.15) is 16.7 Å². The number of carbonyl (C=O) groups excluding carboxylic acids is 2. The standard InChI is InChI=1S/C17H11ClN2O4S/c1-9-12-6-11(18)2-3-13(12)24-15(9)17(22)23-8-14(21)20-16-10(7-19)4-5-25-16/h2-6H,8H2,1H3,(H,20,21). The van der Waals surface area contributed by atoms with Gasteiger partial charge in [-0.2, -0.15) is 5.26 Å². The molecule has 0 unspecified atom stereocenters. The Kier molecular flexibility index (Phi) is 4.74. The number of carbonyl (C=O) groups is 2. The Morgan fingerprint density at radius 3 is 2.96 bits per heavy atom. The summed E-state index contributed by atoms with van der Waals surface area (Å²) in [6.45, 7) is 1.22. The van der Waals surface area contributed by atoms with Crippen LogP contribution in [0.4, 0.5) is 5.00 Å². The van der Waals surface area contributed by atoms with Gasteiger partial charge in [-0.25, -0.2) is 4.79 Å². The number of ether oxygens (including phenoxy) is 1. The topological polar surface area (TPSA) is 92.3 Å². The van der Waals surface area contributed by atoms with Crippen molar-refractivity contribution >= 4 is 50.8 Å². The summed E-state index contributed by atoms with van der Waals surface area (Å²) in [5.41, 5.74) is 1.46. The lowest BCUT2D eigenvalue weighted by atomic mass is 10.1. The number of rotatable bonds is 4. The van der Waals surface area contributed by atoms with Crippen LogP contribution in [0.15, 0.2) is 34.1 Å². The van der Waals surface area contributed by atoms with Crippen LogP contribution in [0.25, 0.3) is 11.0 Å². The summed E-state index contributed by atoms with van der Waals surface area (Å²) < 4.78 is 10.5. The lowest BCUT2D eigenvalue weighted by Crippen LogP contribution is -2.20. The molecule has 6 nitrogen and oxygen atoms in total. The lowest BCUT2D eigenvalue weighted by molar-refractivity contribution is -0.119. The van der Waals surface area contributed by atoms with E-state index >= 15 is 0 Å². The maximum Gasteiger partial charge on any atom is 0.375 e. The van der Waals surface area contributed by atoms with E-state index in [9.17, 15) is 9.59 Å². The molecular formula is C17H11ClN2O4S. The van der Waals surface area contributed by atoms with Gasteiger partial charge < -0.3 is 14.5 Å². The molecule has 0 radical (unpaired) electrons. The molecule has 25 heavy (non-hydrogen) atoms. The van der Waals surface area contributed by atoms with E-state index in [1.165, 1.54) is 11.3 Å². The van der Waals surface area contributed by atoms with Crippen LogP contribution < -0.4 is 5.32 Å². The first-order valence-corrected chi connectivity index (χ1v) is 8.38. The maximum absolute atomic E-state index is 12.2. The first kappa shape index (κ1) is 17.0. The predicted molar refractivity (Wildman–Crippen MR) is 93.9 cm³/mol. The van der Waals surface area contributed by atoms with Crippen LogP contribution in [0.1, 0.15) is 21.7 Å². The van der Waals surface area contributed by atoms with Crippen LogP contribution in [0, 0.1) is 18.3 Å². The van der Waals surface area contributed by atoms with Crippen molar-refractivity contribution in [2.75, 3.05) is 11.9 Å². The average molecular weight is 375 g/mol. The summed E-state index contributed by atoms with van der Waals surface area (Å²) in [5, 5.41) is 14.8. The molecule has 8 heteroatoms. The van der Waals surface area contributed by atoms with Crippen molar-refractivity contribution in [3.8, 4) is 6.07 Å². The van der Waals surface area contributed by atoms with E-state index in [1.807, 2.05) is 6.07 Å². The van der Waals surface area contributed by atoms with Crippen molar-refractivity contribution in [2.24, 2.45) is 0 Å². The number of hydrogen-bond donors (Lipinski definition) is 1. The first-order valence-electron chi connectivity index (χ1n) is 7.13. The molecular weight excluding hydrogens is 364 g/mol. The molecule has 1 N–H and O–H groups in total. The number of benzene rings is 1. The van der Waals surface area contributed by atoms with Crippen molar-refractivity contribution in [3.63, 3.8) is 0 Å². The summed E-state index contributed by atoms with van der Waals surface area (Å²) in [6, 6.07) is 8.56. The van der Waals surface area contributed by atoms with E-state index in [0.29, 0.717) is 32.1 Å². The van der Waals surface area contributed by atoms with Gasteiger partial charge in [0.05, 0.1) is 5.56 Å². The molecule has 2 aromatic heterocycles. The number of anilines is 1. The fourth-order valence-corrected chi connectivity index (χ4v) is 3.17. The quantitative estimate of drug-likeness (QED) is 0.693. The lowest BCUT2D eigenvalue weighted by Gasteiger charge is -2.04. The molecule has 3 rings (SSSR count). The number of nitrogens with zero attached hydrogens (tertiary/aromatic N) is 1. The predicted octanol–water partition coefficient (Wildman–Crippen LogP) is 4.12. The average Bonchev–Trinajstić information content (AvgIpc) is 3.17. The van der Waals surface area contributed by atoms with Gasteiger partial charge in [-0.15, -0.1) is 11.3 Å². The molecule has 126 valence electrons. The molecule has 3 aromatic rings. The zero-order valence-corrected chi connectivity index (χ0v) is 14.5. The Morgan fingerprint density at radius 2 is 2.20 bits per heavy atom. The van der Waals surface area contributed by atoms with Gasteiger partial charge in [0.25, 0.3) is 5.91 Å². The molecule has 0 atom stereocenters. The number of fused-ring (bicyclic) bond motifs is 1. The molecule has 1 aromatic carbocycles. The van der Waals surface area contributed by atoms with Crippen LogP contribution in [0.5, 0.6) is 0 Å². The molecule has 1 amide bonds. The number of thiophene rings is 1. The van der Waals surface area contributed by atoms with E-state index in [4.69, 9.17) is 26.0 Å². The van der Waals surface area contributed by atoms with Gasteiger partial charge in [-0.3, -0.25) is 4.79 Å². The second-order valence-electron chi connectivity index (χ2n) is 5.10. The van der Waals surface area contributed by atoms with Gasteiger partial charge in [0.15, 0.2) is 6.61 Å². The smallest absolute Gasteiger partial charge is 0.375 e. The second-order valence-corrected chi connectivity index (χ2v) is 6.45. The van der Waals surface area contributed by atoms with E-state index in [1.54, 1.807) is 36.6 Å². The normalized spacial score (nSPS) is 10.4. The van der Waals surface area contributed by atoms with E-state index in [-0.39, 0.29) is 5.76 Å². The van der Waals surface area contributed by atoms with Gasteiger partial charge in [0.2, 0.25) is 5.76 Å². The number of aryl methyl sites for hydroxylation is 1. The van der Waals surface area contributed by atoms with Crippen LogP contribution in [-0.4, -0.2) is 18.5 Å². The van der Waals surface area contributed by atoms with Crippen molar-refractivity contribution in [1.29, 1.82) is 5.26 Å². The van der Waals surface area contributed by atoms with Crippen molar-refractivity contribution < 1.29 is 18.7 Å². The van der Waals surface area contributed by atoms with Crippen LogP contribution in [0.3, 0.4) is 0 Å². The second kappa shape index (κ2) is 6.97. The molecule has 0 bridgehead atoms. The first-order chi connectivity index (χ1) is 12.0. The van der Waals surface area contributed by atoms with E-state index < -0.39 is 18.5 Å². The third kappa shape index (κ3) is 3.50. The fraction of sp³-hybridized carbons (Fsp3) is 0.118. The number of nitrogens with one attached hydrogen (secondary N) is 1. The number of nitriles is 1. The summed E-state index contributed by atoms with van der Waals surface area (Å²) in [5.74, 6) is -1.25. The van der Waals surface area contributed by atoms with E-state index in [2.05, 4.69) is 5.32 Å². The SMILES string of the molecule is Cc1c(C(=O)OCC(=O)Nc2sccc2C#N)oc2ccc(Cl)cc12. The van der Waals surface area contributed by atoms with Crippen molar-refractivity contribution in [3.05, 3.63) is 51.6 Å². The maximum atomic E-state index is 12.2. The third-order valence-electron chi connectivity index (χ3n) is 3.46. The van der Waals surface area contributed by atoms with Crippen molar-refractivity contribution in [2.45, 2.75) is 6.92 Å². The molecule has 0 fully saturated rings. The number of halogens is 1. The van der Waals surface area contributed by atoms with Gasteiger partial charge in [-0.05, 0) is 36.6 Å². The molecule has 0 aliphatic rings. The number of esters is 1. The third-order valence-corrected chi connectivity index (χ3v) is 4.52. The van der Waals surface area contributed by atoms with Crippen molar-refractivity contribution in [1.82, 2.24) is 0 Å². The highest BCUT2D eigenvalue weighted by atomic mass is 35.5. The largest absolute Gasteiger partial charge is 0.450 e. The van der Waals surface area contributed by atoms with Gasteiger partial charge in [0, 0.05) is 16.0 Å². The minimum Gasteiger partial charge on any atom is -0.450 e. The Bertz CT molecular complexity index is 1020. The monoisotopic (exact) mass is 374 g/mol. The number of hydrogen-bond acceptors (Lipinski definition) is 6. The fourth-order valence-electron chi connectivity index (χ4n) is 2.24. The molecule has 2 heterocycles. The highest BCUT2D eigenvalue weighted by Crippen LogP contribution is 2.28. The molecule has 0 aliphatic heterocycles. The summed E-state index contributed by atoms with van der Waals surface area (Å²) in [6.07, 6.45) is 0.